The highest BCUT2D eigenvalue weighted by Crippen LogP contribution is 2.34. The molecule has 0 unspecified atom stereocenters. The molecule has 1 N–H and O–H groups in total. The third-order valence-electron chi connectivity index (χ3n) is 4.19. The first-order chi connectivity index (χ1) is 13.1. The van der Waals surface area contributed by atoms with Crippen LogP contribution in [-0.4, -0.2) is 29.1 Å². The van der Waals surface area contributed by atoms with Gasteiger partial charge in [0.15, 0.2) is 0 Å². The molecule has 3 aromatic rings. The average Bonchev–Trinajstić information content (AvgIpc) is 3.11. The fourth-order valence-electron chi connectivity index (χ4n) is 2.89. The molecule has 0 fully saturated rings. The molecule has 7 heteroatoms. The molecule has 27 heavy (non-hydrogen) atoms. The van der Waals surface area contributed by atoms with Crippen molar-refractivity contribution in [1.29, 1.82) is 0 Å². The van der Waals surface area contributed by atoms with Crippen molar-refractivity contribution in [3.63, 3.8) is 0 Å². The predicted molar refractivity (Wildman–Crippen MR) is 110 cm³/mol. The lowest BCUT2D eigenvalue weighted by atomic mass is 10.1. The van der Waals surface area contributed by atoms with Gasteiger partial charge in [0.1, 0.15) is 6.54 Å². The summed E-state index contributed by atoms with van der Waals surface area (Å²) in [7, 11) is 0. The summed E-state index contributed by atoms with van der Waals surface area (Å²) >= 11 is 3.11. The molecule has 0 atom stereocenters. The number of anilines is 2. The van der Waals surface area contributed by atoms with Gasteiger partial charge in [0.2, 0.25) is 11.8 Å². The minimum Gasteiger partial charge on any atom is -0.325 e. The van der Waals surface area contributed by atoms with E-state index in [9.17, 15) is 9.59 Å². The third kappa shape index (κ3) is 3.89. The maximum absolute atomic E-state index is 12.5. The smallest absolute Gasteiger partial charge is 0.244 e. The van der Waals surface area contributed by atoms with E-state index in [1.54, 1.807) is 16.2 Å². The molecule has 0 saturated carbocycles. The van der Waals surface area contributed by atoms with Gasteiger partial charge in [-0.05, 0) is 31.2 Å². The Labute approximate surface area is 165 Å². The molecular weight excluding hydrogens is 378 g/mol. The predicted octanol–water partition coefficient (Wildman–Crippen LogP) is 4.20. The maximum atomic E-state index is 12.5. The second-order valence-electron chi connectivity index (χ2n) is 6.11. The van der Waals surface area contributed by atoms with Gasteiger partial charge in [-0.25, -0.2) is 4.98 Å². The van der Waals surface area contributed by atoms with Crippen LogP contribution in [0.25, 0.3) is 11.3 Å². The van der Waals surface area contributed by atoms with E-state index in [2.05, 4.69) is 10.3 Å². The maximum Gasteiger partial charge on any atom is 0.244 e. The van der Waals surface area contributed by atoms with Crippen molar-refractivity contribution < 1.29 is 9.59 Å². The van der Waals surface area contributed by atoms with Crippen LogP contribution in [0.4, 0.5) is 11.4 Å². The van der Waals surface area contributed by atoms with Gasteiger partial charge in [0.05, 0.1) is 22.1 Å². The SMILES string of the molecule is Cc1nc(-c2ccc(NC(=O)CN3C(=O)CSc4ccccc43)cc2)cs1. The molecule has 4 rings (SSSR count). The van der Waals surface area contributed by atoms with Gasteiger partial charge in [-0.3, -0.25) is 9.59 Å². The molecule has 0 saturated heterocycles. The minimum absolute atomic E-state index is 0.00341. The first-order valence-corrected chi connectivity index (χ1v) is 10.3. The number of carbonyl (C=O) groups excluding carboxylic acids is 2. The molecule has 1 aliphatic heterocycles. The van der Waals surface area contributed by atoms with E-state index in [0.717, 1.165) is 26.8 Å². The fraction of sp³-hybridized carbons (Fsp3) is 0.150. The summed E-state index contributed by atoms with van der Waals surface area (Å²) in [6.07, 6.45) is 0. The summed E-state index contributed by atoms with van der Waals surface area (Å²) in [4.78, 5) is 31.8. The number of amides is 2. The molecular formula is C20H17N3O2S2. The molecule has 0 spiro atoms. The topological polar surface area (TPSA) is 62.3 Å². The summed E-state index contributed by atoms with van der Waals surface area (Å²) in [5.41, 5.74) is 3.43. The largest absolute Gasteiger partial charge is 0.325 e. The van der Waals surface area contributed by atoms with E-state index in [1.165, 1.54) is 11.8 Å². The van der Waals surface area contributed by atoms with Crippen LogP contribution in [0.15, 0.2) is 58.8 Å². The minimum atomic E-state index is -0.220. The van der Waals surface area contributed by atoms with Crippen LogP contribution >= 0.6 is 23.1 Å². The number of thioether (sulfide) groups is 1. The van der Waals surface area contributed by atoms with Crippen LogP contribution in [-0.2, 0) is 9.59 Å². The third-order valence-corrected chi connectivity index (χ3v) is 6.01. The van der Waals surface area contributed by atoms with Gasteiger partial charge in [-0.2, -0.15) is 0 Å². The zero-order chi connectivity index (χ0) is 18.8. The molecule has 2 heterocycles. The number of hydrogen-bond donors (Lipinski definition) is 1. The molecule has 5 nitrogen and oxygen atoms in total. The van der Waals surface area contributed by atoms with Crippen molar-refractivity contribution in [1.82, 2.24) is 4.98 Å². The number of hydrogen-bond acceptors (Lipinski definition) is 5. The van der Waals surface area contributed by atoms with Crippen LogP contribution < -0.4 is 10.2 Å². The number of nitrogens with zero attached hydrogens (tertiary/aromatic N) is 2. The van der Waals surface area contributed by atoms with E-state index in [-0.39, 0.29) is 18.4 Å². The Morgan fingerprint density at radius 3 is 2.70 bits per heavy atom. The summed E-state index contributed by atoms with van der Waals surface area (Å²) in [5, 5.41) is 5.90. The van der Waals surface area contributed by atoms with Crippen molar-refractivity contribution in [3.8, 4) is 11.3 Å². The Bertz CT molecular complexity index is 998. The zero-order valence-electron chi connectivity index (χ0n) is 14.6. The van der Waals surface area contributed by atoms with E-state index in [0.29, 0.717) is 11.4 Å². The Balaban J connectivity index is 1.44. The Morgan fingerprint density at radius 2 is 1.96 bits per heavy atom. The van der Waals surface area contributed by atoms with Crippen molar-refractivity contribution in [2.45, 2.75) is 11.8 Å². The molecule has 1 aliphatic rings. The second kappa shape index (κ2) is 7.54. The van der Waals surface area contributed by atoms with E-state index in [1.807, 2.05) is 60.8 Å². The fourth-order valence-corrected chi connectivity index (χ4v) is 4.45. The number of benzene rings is 2. The van der Waals surface area contributed by atoms with Crippen LogP contribution in [0.3, 0.4) is 0 Å². The zero-order valence-corrected chi connectivity index (χ0v) is 16.3. The number of para-hydroxylation sites is 1. The molecule has 0 aliphatic carbocycles. The molecule has 0 radical (unpaired) electrons. The number of thiazole rings is 1. The quantitative estimate of drug-likeness (QED) is 0.719. The summed E-state index contributed by atoms with van der Waals surface area (Å²) in [6, 6.07) is 15.2. The van der Waals surface area contributed by atoms with E-state index >= 15 is 0 Å². The Morgan fingerprint density at radius 1 is 1.19 bits per heavy atom. The average molecular weight is 396 g/mol. The van der Waals surface area contributed by atoms with Gasteiger partial charge in [-0.1, -0.05) is 24.3 Å². The highest BCUT2D eigenvalue weighted by Gasteiger charge is 2.26. The van der Waals surface area contributed by atoms with E-state index in [4.69, 9.17) is 0 Å². The second-order valence-corrected chi connectivity index (χ2v) is 8.19. The first-order valence-electron chi connectivity index (χ1n) is 8.45. The number of carbonyl (C=O) groups is 2. The lowest BCUT2D eigenvalue weighted by Gasteiger charge is -2.28. The van der Waals surface area contributed by atoms with Gasteiger partial charge in [0, 0.05) is 21.5 Å². The van der Waals surface area contributed by atoms with Gasteiger partial charge in [0.25, 0.3) is 0 Å². The standard InChI is InChI=1S/C20H17N3O2S2/c1-13-21-16(11-26-13)14-6-8-15(9-7-14)22-19(24)10-23-17-4-2-3-5-18(17)27-12-20(23)25/h2-9,11H,10,12H2,1H3,(H,22,24). The number of nitrogens with one attached hydrogen (secondary N) is 1. The van der Waals surface area contributed by atoms with Crippen molar-refractivity contribution in [2.75, 3.05) is 22.5 Å². The summed E-state index contributed by atoms with van der Waals surface area (Å²) < 4.78 is 0. The van der Waals surface area contributed by atoms with E-state index < -0.39 is 0 Å². The van der Waals surface area contributed by atoms with Crippen LogP contribution in [0.2, 0.25) is 0 Å². The monoisotopic (exact) mass is 395 g/mol. The van der Waals surface area contributed by atoms with Crippen molar-refractivity contribution in [3.05, 3.63) is 58.9 Å². The van der Waals surface area contributed by atoms with Crippen molar-refractivity contribution in [2.24, 2.45) is 0 Å². The van der Waals surface area contributed by atoms with Crippen LogP contribution in [0.1, 0.15) is 5.01 Å². The van der Waals surface area contributed by atoms with Crippen LogP contribution in [0, 0.1) is 6.92 Å². The van der Waals surface area contributed by atoms with Crippen LogP contribution in [0.5, 0.6) is 0 Å². The molecule has 2 amide bonds. The Hall–Kier alpha value is -2.64. The highest BCUT2D eigenvalue weighted by atomic mass is 32.2. The number of rotatable bonds is 4. The van der Waals surface area contributed by atoms with Gasteiger partial charge >= 0.3 is 0 Å². The molecule has 2 aromatic carbocycles. The molecule has 1 aromatic heterocycles. The first kappa shape index (κ1) is 17.8. The van der Waals surface area contributed by atoms with Gasteiger partial charge in [-0.15, -0.1) is 23.1 Å². The number of aryl methyl sites for hydroxylation is 1. The Kier molecular flexibility index (Phi) is 4.96. The molecule has 0 bridgehead atoms. The molecule has 136 valence electrons. The lowest BCUT2D eigenvalue weighted by molar-refractivity contribution is -0.120. The summed E-state index contributed by atoms with van der Waals surface area (Å²) in [6.45, 7) is 1.98. The lowest BCUT2D eigenvalue weighted by Crippen LogP contribution is -2.41. The van der Waals surface area contributed by atoms with Crippen molar-refractivity contribution >= 4 is 46.3 Å². The van der Waals surface area contributed by atoms with Gasteiger partial charge < -0.3 is 10.2 Å². The summed E-state index contributed by atoms with van der Waals surface area (Å²) in [5.74, 6) is 0.0804. The number of fused-ring (bicyclic) bond motifs is 1. The number of aromatic nitrogens is 1. The normalized spacial score (nSPS) is 13.4. The highest BCUT2D eigenvalue weighted by molar-refractivity contribution is 8.00.